The van der Waals surface area contributed by atoms with Gasteiger partial charge in [-0.3, -0.25) is 0 Å². The van der Waals surface area contributed by atoms with Crippen molar-refractivity contribution in [3.05, 3.63) is 12.1 Å². The molecule has 1 aromatic heterocycles. The number of hydrogen-bond donors (Lipinski definition) is 2. The number of fused-ring (bicyclic) bond motifs is 1. The second-order valence-corrected chi connectivity index (χ2v) is 5.36. The van der Waals surface area contributed by atoms with E-state index in [9.17, 15) is 0 Å². The predicted molar refractivity (Wildman–Crippen MR) is 73.6 cm³/mol. The number of nitrogens with one attached hydrogen (secondary N) is 1. The van der Waals surface area contributed by atoms with Crippen molar-refractivity contribution in [2.75, 3.05) is 20.8 Å². The van der Waals surface area contributed by atoms with E-state index in [-0.39, 0.29) is 0 Å². The van der Waals surface area contributed by atoms with Gasteiger partial charge in [0.2, 0.25) is 0 Å². The number of aromatic amines is 1. The first kappa shape index (κ1) is 13.0. The van der Waals surface area contributed by atoms with Crippen LogP contribution >= 0.6 is 11.8 Å². The van der Waals surface area contributed by atoms with Crippen LogP contribution in [0, 0.1) is 0 Å². The van der Waals surface area contributed by atoms with Crippen molar-refractivity contribution in [1.82, 2.24) is 9.97 Å². The smallest absolute Gasteiger partial charge is 0.166 e. The van der Waals surface area contributed by atoms with Gasteiger partial charge in [0.1, 0.15) is 0 Å². The van der Waals surface area contributed by atoms with Gasteiger partial charge in [-0.05, 0) is 0 Å². The van der Waals surface area contributed by atoms with Crippen molar-refractivity contribution in [3.8, 4) is 11.5 Å². The Kier molecular flexibility index (Phi) is 3.98. The van der Waals surface area contributed by atoms with Crippen molar-refractivity contribution in [1.29, 1.82) is 0 Å². The molecule has 1 heterocycles. The van der Waals surface area contributed by atoms with Crippen molar-refractivity contribution < 1.29 is 9.47 Å². The largest absolute Gasteiger partial charge is 0.493 e. The summed E-state index contributed by atoms with van der Waals surface area (Å²) in [6.45, 7) is 2.69. The highest BCUT2D eigenvalue weighted by Crippen LogP contribution is 2.32. The highest BCUT2D eigenvalue weighted by atomic mass is 32.2. The number of aromatic nitrogens is 2. The van der Waals surface area contributed by atoms with Crippen LogP contribution in [-0.4, -0.2) is 36.0 Å². The molecule has 0 spiro atoms. The maximum Gasteiger partial charge on any atom is 0.166 e. The fourth-order valence-electron chi connectivity index (χ4n) is 1.61. The van der Waals surface area contributed by atoms with E-state index < -0.39 is 0 Å². The number of rotatable bonds is 5. The molecule has 5 nitrogen and oxygen atoms in total. The van der Waals surface area contributed by atoms with E-state index in [0.29, 0.717) is 23.3 Å². The van der Waals surface area contributed by atoms with Gasteiger partial charge in [-0.2, -0.15) is 0 Å². The number of imidazole rings is 1. The zero-order valence-corrected chi connectivity index (χ0v) is 11.5. The van der Waals surface area contributed by atoms with Gasteiger partial charge in [0.05, 0.1) is 25.3 Å². The molecule has 0 fully saturated rings. The Bertz CT molecular complexity index is 500. The predicted octanol–water partition coefficient (Wildman–Crippen LogP) is 2.02. The lowest BCUT2D eigenvalue weighted by atomic mass is 10.3. The van der Waals surface area contributed by atoms with E-state index in [4.69, 9.17) is 15.2 Å². The molecular weight excluding hydrogens is 250 g/mol. The fraction of sp³-hybridized carbons (Fsp3) is 0.417. The van der Waals surface area contributed by atoms with E-state index in [1.54, 1.807) is 26.0 Å². The molecule has 0 radical (unpaired) electrons. The van der Waals surface area contributed by atoms with Crippen molar-refractivity contribution in [2.24, 2.45) is 5.73 Å². The molecule has 0 amide bonds. The third-order valence-electron chi connectivity index (χ3n) is 2.61. The maximum atomic E-state index is 5.60. The van der Waals surface area contributed by atoms with Gasteiger partial charge in [0.15, 0.2) is 16.7 Å². The number of ether oxygens (including phenoxy) is 2. The van der Waals surface area contributed by atoms with E-state index in [1.807, 2.05) is 12.1 Å². The Hall–Kier alpha value is -1.40. The minimum Gasteiger partial charge on any atom is -0.493 e. The minimum absolute atomic E-state index is 0.328. The number of nitrogens with two attached hydrogens (primary N) is 1. The van der Waals surface area contributed by atoms with Crippen molar-refractivity contribution in [2.45, 2.75) is 17.3 Å². The minimum atomic E-state index is 0.328. The molecule has 1 unspecified atom stereocenters. The van der Waals surface area contributed by atoms with Crippen LogP contribution in [0.5, 0.6) is 11.5 Å². The number of methoxy groups -OCH3 is 2. The summed E-state index contributed by atoms with van der Waals surface area (Å²) in [4.78, 5) is 7.75. The molecule has 0 aliphatic rings. The third-order valence-corrected chi connectivity index (χ3v) is 3.62. The first-order valence-electron chi connectivity index (χ1n) is 5.66. The van der Waals surface area contributed by atoms with E-state index >= 15 is 0 Å². The summed E-state index contributed by atoms with van der Waals surface area (Å²) in [5, 5.41) is 1.19. The average Bonchev–Trinajstić information content (AvgIpc) is 2.77. The quantitative estimate of drug-likeness (QED) is 0.811. The summed E-state index contributed by atoms with van der Waals surface area (Å²) in [5.41, 5.74) is 7.39. The third kappa shape index (κ3) is 2.54. The number of nitrogens with zero attached hydrogens (tertiary/aromatic N) is 1. The summed E-state index contributed by atoms with van der Waals surface area (Å²) in [5.74, 6) is 1.37. The molecule has 98 valence electrons. The van der Waals surface area contributed by atoms with Gasteiger partial charge in [-0.1, -0.05) is 18.7 Å². The van der Waals surface area contributed by atoms with Crippen LogP contribution in [0.3, 0.4) is 0 Å². The SMILES string of the molecule is COc1cc2nc(SC(C)CN)[nH]c2cc1OC. The Morgan fingerprint density at radius 2 is 2.00 bits per heavy atom. The van der Waals surface area contributed by atoms with E-state index in [2.05, 4.69) is 16.9 Å². The Morgan fingerprint density at radius 3 is 2.61 bits per heavy atom. The summed E-state index contributed by atoms with van der Waals surface area (Å²) in [6, 6.07) is 3.75. The van der Waals surface area contributed by atoms with Crippen LogP contribution in [0.4, 0.5) is 0 Å². The van der Waals surface area contributed by atoms with Gasteiger partial charge >= 0.3 is 0 Å². The first-order valence-corrected chi connectivity index (χ1v) is 6.54. The molecule has 2 aromatic rings. The van der Waals surface area contributed by atoms with Crippen molar-refractivity contribution >= 4 is 22.8 Å². The lowest BCUT2D eigenvalue weighted by Gasteiger charge is -2.06. The number of benzene rings is 1. The molecule has 1 atom stereocenters. The van der Waals surface area contributed by atoms with Crippen molar-refractivity contribution in [3.63, 3.8) is 0 Å². The molecule has 0 aliphatic carbocycles. The molecular formula is C12H17N3O2S. The zero-order chi connectivity index (χ0) is 13.1. The Labute approximate surface area is 110 Å². The Morgan fingerprint density at radius 1 is 1.33 bits per heavy atom. The van der Waals surface area contributed by atoms with Crippen LogP contribution in [0.25, 0.3) is 11.0 Å². The van der Waals surface area contributed by atoms with Gasteiger partial charge in [-0.15, -0.1) is 0 Å². The molecule has 3 N–H and O–H groups in total. The second kappa shape index (κ2) is 5.49. The number of hydrogen-bond acceptors (Lipinski definition) is 5. The molecule has 1 aromatic carbocycles. The molecule has 2 rings (SSSR count). The molecule has 6 heteroatoms. The van der Waals surface area contributed by atoms with Crippen LogP contribution < -0.4 is 15.2 Å². The van der Waals surface area contributed by atoms with Gasteiger partial charge in [0, 0.05) is 23.9 Å². The maximum absolute atomic E-state index is 5.60. The fourth-order valence-corrected chi connectivity index (χ4v) is 2.41. The highest BCUT2D eigenvalue weighted by molar-refractivity contribution is 7.99. The highest BCUT2D eigenvalue weighted by Gasteiger charge is 2.11. The van der Waals surface area contributed by atoms with Gasteiger partial charge in [-0.25, -0.2) is 4.98 Å². The summed E-state index contributed by atoms with van der Waals surface area (Å²) < 4.78 is 10.5. The first-order chi connectivity index (χ1) is 8.67. The van der Waals surface area contributed by atoms with Crippen LogP contribution in [0.1, 0.15) is 6.92 Å². The molecule has 0 saturated carbocycles. The van der Waals surface area contributed by atoms with E-state index in [0.717, 1.165) is 16.2 Å². The standard InChI is InChI=1S/C12H17N3O2S/c1-7(6-13)18-12-14-8-4-10(16-2)11(17-3)5-9(8)15-12/h4-5,7H,6,13H2,1-3H3,(H,14,15). The van der Waals surface area contributed by atoms with Crippen LogP contribution in [-0.2, 0) is 0 Å². The second-order valence-electron chi connectivity index (χ2n) is 3.93. The van der Waals surface area contributed by atoms with Gasteiger partial charge in [0.25, 0.3) is 0 Å². The van der Waals surface area contributed by atoms with Gasteiger partial charge < -0.3 is 20.2 Å². The summed E-state index contributed by atoms with van der Waals surface area (Å²) in [6.07, 6.45) is 0. The van der Waals surface area contributed by atoms with Crippen LogP contribution in [0.2, 0.25) is 0 Å². The molecule has 18 heavy (non-hydrogen) atoms. The zero-order valence-electron chi connectivity index (χ0n) is 10.7. The number of H-pyrrole nitrogens is 1. The topological polar surface area (TPSA) is 73.2 Å². The monoisotopic (exact) mass is 267 g/mol. The lowest BCUT2D eigenvalue weighted by Crippen LogP contribution is -2.12. The summed E-state index contributed by atoms with van der Waals surface area (Å²) >= 11 is 1.62. The molecule has 0 aliphatic heterocycles. The molecule has 0 saturated heterocycles. The van der Waals surface area contributed by atoms with E-state index in [1.165, 1.54) is 0 Å². The summed E-state index contributed by atoms with van der Waals surface area (Å²) in [7, 11) is 3.23. The Balaban J connectivity index is 2.38. The van der Waals surface area contributed by atoms with Crippen LogP contribution in [0.15, 0.2) is 17.3 Å². The normalized spacial score (nSPS) is 12.7. The molecule has 0 bridgehead atoms. The lowest BCUT2D eigenvalue weighted by molar-refractivity contribution is 0.356. The average molecular weight is 267 g/mol. The number of thioether (sulfide) groups is 1.